The van der Waals surface area contributed by atoms with Gasteiger partial charge in [0.15, 0.2) is 0 Å². The molecule has 0 aliphatic carbocycles. The zero-order valence-electron chi connectivity index (χ0n) is 14.3. The molecule has 0 unspecified atom stereocenters. The first-order valence-electron chi connectivity index (χ1n) is 8.12. The predicted octanol–water partition coefficient (Wildman–Crippen LogP) is 4.97. The summed E-state index contributed by atoms with van der Waals surface area (Å²) in [6.45, 7) is 0.0190. The molecule has 0 atom stereocenters. The second-order valence-corrected chi connectivity index (χ2v) is 7.20. The summed E-state index contributed by atoms with van der Waals surface area (Å²) in [5.41, 5.74) is 1.72. The maximum absolute atomic E-state index is 14.1. The van der Waals surface area contributed by atoms with Crippen molar-refractivity contribution in [3.05, 3.63) is 80.9 Å². The van der Waals surface area contributed by atoms with Gasteiger partial charge in [-0.15, -0.1) is 11.3 Å². The Balaban J connectivity index is 1.83. The minimum Gasteiger partial charge on any atom is -0.497 e. The lowest BCUT2D eigenvalue weighted by Crippen LogP contribution is -2.21. The van der Waals surface area contributed by atoms with Crippen LogP contribution in [0.25, 0.3) is 21.3 Å². The highest BCUT2D eigenvalue weighted by atomic mass is 35.5. The van der Waals surface area contributed by atoms with E-state index < -0.39 is 5.82 Å². The molecule has 27 heavy (non-hydrogen) atoms. The standard InChI is InChI=1S/C20H14ClFN2O2S/c1-26-13-7-5-12(6-8-13)15-10-27-19-18(15)20(25)24(11-23-19)9-14-16(21)3-2-4-17(14)22/h2-8,10-11H,9H2,1H3. The van der Waals surface area contributed by atoms with E-state index in [2.05, 4.69) is 4.98 Å². The van der Waals surface area contributed by atoms with Crippen molar-refractivity contribution < 1.29 is 9.13 Å². The Morgan fingerprint density at radius 3 is 2.70 bits per heavy atom. The van der Waals surface area contributed by atoms with Crippen LogP contribution in [-0.4, -0.2) is 16.7 Å². The summed E-state index contributed by atoms with van der Waals surface area (Å²) in [6, 6.07) is 11.9. The van der Waals surface area contributed by atoms with Crippen molar-refractivity contribution in [1.29, 1.82) is 0 Å². The van der Waals surface area contributed by atoms with Gasteiger partial charge in [0, 0.05) is 21.5 Å². The van der Waals surface area contributed by atoms with Crippen LogP contribution in [0.2, 0.25) is 5.02 Å². The molecular weight excluding hydrogens is 387 g/mol. The van der Waals surface area contributed by atoms with E-state index in [9.17, 15) is 9.18 Å². The molecule has 0 amide bonds. The van der Waals surface area contributed by atoms with E-state index in [1.165, 1.54) is 34.4 Å². The first-order chi connectivity index (χ1) is 13.1. The number of methoxy groups -OCH3 is 1. The lowest BCUT2D eigenvalue weighted by atomic mass is 10.1. The molecule has 0 aliphatic rings. The molecule has 0 saturated carbocycles. The molecule has 2 aromatic heterocycles. The molecular formula is C20H14ClFN2O2S. The van der Waals surface area contributed by atoms with Gasteiger partial charge in [0.05, 0.1) is 25.4 Å². The van der Waals surface area contributed by atoms with E-state index in [-0.39, 0.29) is 22.7 Å². The van der Waals surface area contributed by atoms with Crippen LogP contribution in [0, 0.1) is 5.82 Å². The Labute approximate surface area is 163 Å². The fourth-order valence-corrected chi connectivity index (χ4v) is 4.05. The van der Waals surface area contributed by atoms with Crippen LogP contribution in [0.1, 0.15) is 5.56 Å². The molecule has 0 saturated heterocycles. The zero-order chi connectivity index (χ0) is 19.0. The Morgan fingerprint density at radius 1 is 1.22 bits per heavy atom. The number of rotatable bonds is 4. The van der Waals surface area contributed by atoms with Crippen LogP contribution in [0.5, 0.6) is 5.75 Å². The number of ether oxygens (including phenoxy) is 1. The number of benzene rings is 2. The minimum absolute atomic E-state index is 0.0190. The third-order valence-corrected chi connectivity index (χ3v) is 5.59. The maximum atomic E-state index is 14.1. The fraction of sp³-hybridized carbons (Fsp3) is 0.100. The van der Waals surface area contributed by atoms with E-state index in [0.29, 0.717) is 10.2 Å². The highest BCUT2D eigenvalue weighted by molar-refractivity contribution is 7.17. The molecule has 7 heteroatoms. The van der Waals surface area contributed by atoms with Crippen molar-refractivity contribution in [2.24, 2.45) is 0 Å². The molecule has 2 heterocycles. The average molecular weight is 401 g/mol. The van der Waals surface area contributed by atoms with Gasteiger partial charge in [-0.05, 0) is 29.8 Å². The highest BCUT2D eigenvalue weighted by Gasteiger charge is 2.15. The van der Waals surface area contributed by atoms with Crippen LogP contribution in [-0.2, 0) is 6.54 Å². The van der Waals surface area contributed by atoms with Gasteiger partial charge in [-0.1, -0.05) is 29.8 Å². The molecule has 4 nitrogen and oxygen atoms in total. The highest BCUT2D eigenvalue weighted by Crippen LogP contribution is 2.31. The van der Waals surface area contributed by atoms with E-state index >= 15 is 0 Å². The molecule has 0 spiro atoms. The van der Waals surface area contributed by atoms with Gasteiger partial charge >= 0.3 is 0 Å². The van der Waals surface area contributed by atoms with E-state index in [0.717, 1.165) is 16.9 Å². The minimum atomic E-state index is -0.449. The third kappa shape index (κ3) is 3.22. The Kier molecular flexibility index (Phi) is 4.68. The summed E-state index contributed by atoms with van der Waals surface area (Å²) in [4.78, 5) is 18.1. The van der Waals surface area contributed by atoms with E-state index in [1.54, 1.807) is 13.2 Å². The van der Waals surface area contributed by atoms with Gasteiger partial charge < -0.3 is 4.74 Å². The largest absolute Gasteiger partial charge is 0.497 e. The topological polar surface area (TPSA) is 44.1 Å². The number of nitrogens with zero attached hydrogens (tertiary/aromatic N) is 2. The summed E-state index contributed by atoms with van der Waals surface area (Å²) in [7, 11) is 1.60. The average Bonchev–Trinajstić information content (AvgIpc) is 3.11. The van der Waals surface area contributed by atoms with Gasteiger partial charge in [0.2, 0.25) is 0 Å². The number of aromatic nitrogens is 2. The van der Waals surface area contributed by atoms with Crippen molar-refractivity contribution in [1.82, 2.24) is 9.55 Å². The van der Waals surface area contributed by atoms with Crippen molar-refractivity contribution in [3.63, 3.8) is 0 Å². The SMILES string of the molecule is COc1ccc(-c2csc3ncn(Cc4c(F)cccc4Cl)c(=O)c23)cc1. The first kappa shape index (κ1) is 17.7. The second-order valence-electron chi connectivity index (χ2n) is 5.94. The number of hydrogen-bond acceptors (Lipinski definition) is 4. The summed E-state index contributed by atoms with van der Waals surface area (Å²) in [5.74, 6) is 0.290. The van der Waals surface area contributed by atoms with Crippen molar-refractivity contribution >= 4 is 33.2 Å². The summed E-state index contributed by atoms with van der Waals surface area (Å²) in [5, 5.41) is 2.70. The normalized spacial score (nSPS) is 11.1. The zero-order valence-corrected chi connectivity index (χ0v) is 15.9. The summed E-state index contributed by atoms with van der Waals surface area (Å²) >= 11 is 7.50. The van der Waals surface area contributed by atoms with Gasteiger partial charge in [-0.3, -0.25) is 9.36 Å². The van der Waals surface area contributed by atoms with Gasteiger partial charge in [0.25, 0.3) is 5.56 Å². The van der Waals surface area contributed by atoms with Gasteiger partial charge in [0.1, 0.15) is 16.4 Å². The monoisotopic (exact) mass is 400 g/mol. The van der Waals surface area contributed by atoms with Crippen molar-refractivity contribution in [2.75, 3.05) is 7.11 Å². The molecule has 136 valence electrons. The molecule has 0 fully saturated rings. The van der Waals surface area contributed by atoms with Crippen LogP contribution >= 0.6 is 22.9 Å². The van der Waals surface area contributed by atoms with Crippen LogP contribution < -0.4 is 10.3 Å². The molecule has 0 aliphatic heterocycles. The molecule has 4 aromatic rings. The number of hydrogen-bond donors (Lipinski definition) is 0. The van der Waals surface area contributed by atoms with Crippen LogP contribution in [0.4, 0.5) is 4.39 Å². The Morgan fingerprint density at radius 2 is 2.00 bits per heavy atom. The second kappa shape index (κ2) is 7.13. The molecule has 2 aromatic carbocycles. The number of halogens is 2. The number of thiophene rings is 1. The van der Waals surface area contributed by atoms with Gasteiger partial charge in [-0.2, -0.15) is 0 Å². The molecule has 0 radical (unpaired) electrons. The van der Waals surface area contributed by atoms with Crippen molar-refractivity contribution in [2.45, 2.75) is 6.54 Å². The smallest absolute Gasteiger partial charge is 0.263 e. The van der Waals surface area contributed by atoms with Crippen molar-refractivity contribution in [3.8, 4) is 16.9 Å². The Hall–Kier alpha value is -2.70. The first-order valence-corrected chi connectivity index (χ1v) is 9.38. The maximum Gasteiger partial charge on any atom is 0.263 e. The Bertz CT molecular complexity index is 1160. The number of fused-ring (bicyclic) bond motifs is 1. The van der Waals surface area contributed by atoms with E-state index in [4.69, 9.17) is 16.3 Å². The molecule has 0 N–H and O–H groups in total. The quantitative estimate of drug-likeness (QED) is 0.485. The van der Waals surface area contributed by atoms with Crippen LogP contribution in [0.3, 0.4) is 0 Å². The molecule has 0 bridgehead atoms. The summed E-state index contributed by atoms with van der Waals surface area (Å²) in [6.07, 6.45) is 1.43. The van der Waals surface area contributed by atoms with Gasteiger partial charge in [-0.25, -0.2) is 9.37 Å². The lowest BCUT2D eigenvalue weighted by Gasteiger charge is -2.09. The fourth-order valence-electron chi connectivity index (χ4n) is 2.92. The summed E-state index contributed by atoms with van der Waals surface area (Å²) < 4.78 is 20.7. The third-order valence-electron chi connectivity index (χ3n) is 4.35. The molecule has 4 rings (SSSR count). The lowest BCUT2D eigenvalue weighted by molar-refractivity contribution is 0.415. The predicted molar refractivity (Wildman–Crippen MR) is 106 cm³/mol. The van der Waals surface area contributed by atoms with E-state index in [1.807, 2.05) is 29.6 Å². The van der Waals surface area contributed by atoms with Crippen LogP contribution in [0.15, 0.2) is 59.0 Å².